The highest BCUT2D eigenvalue weighted by Gasteiger charge is 1.89. The Bertz CT molecular complexity index is 103. The number of azo groups is 1. The third kappa shape index (κ3) is 0.653. The largest absolute Gasteiger partial charge is 0.184 e. The van der Waals surface area contributed by atoms with E-state index in [1.54, 1.807) is 0 Å². The van der Waals surface area contributed by atoms with E-state index in [9.17, 15) is 0 Å². The fraction of sp³-hybridized carbons (Fsp3) is 0.333. The molecule has 1 heterocycles. The summed E-state index contributed by atoms with van der Waals surface area (Å²) in [5, 5.41) is 7.29. The molecule has 0 aromatic heterocycles. The van der Waals surface area contributed by atoms with E-state index in [1.807, 2.05) is 6.08 Å². The van der Waals surface area contributed by atoms with Gasteiger partial charge in [-0.15, -0.1) is 5.11 Å². The van der Waals surface area contributed by atoms with E-state index in [-0.39, 0.29) is 0 Å². The van der Waals surface area contributed by atoms with Crippen LogP contribution < -0.4 is 0 Å². The van der Waals surface area contributed by atoms with Crippen molar-refractivity contribution in [2.45, 2.75) is 0 Å². The van der Waals surface area contributed by atoms with Gasteiger partial charge in [0.05, 0.1) is 6.54 Å². The number of halogens is 1. The molecule has 3 heteroatoms. The second kappa shape index (κ2) is 1.51. The van der Waals surface area contributed by atoms with Gasteiger partial charge in [-0.2, -0.15) is 5.11 Å². The monoisotopic (exact) mass is 146 g/mol. The number of nitrogens with zero attached hydrogens (tertiary/aromatic N) is 2. The zero-order valence-electron chi connectivity index (χ0n) is 3.06. The molecule has 0 saturated carbocycles. The Kier molecular flexibility index (Phi) is 1.01. The molecule has 0 aromatic rings. The van der Waals surface area contributed by atoms with Crippen LogP contribution in [0.3, 0.4) is 0 Å². The molecule has 1 aliphatic heterocycles. The van der Waals surface area contributed by atoms with E-state index in [2.05, 4.69) is 26.2 Å². The summed E-state index contributed by atoms with van der Waals surface area (Å²) >= 11 is 3.14. The van der Waals surface area contributed by atoms with Gasteiger partial charge in [-0.05, 0) is 22.0 Å². The van der Waals surface area contributed by atoms with Crippen molar-refractivity contribution < 1.29 is 0 Å². The smallest absolute Gasteiger partial charge is 0.126 e. The lowest BCUT2D eigenvalue weighted by Gasteiger charge is -1.65. The third-order valence-electron chi connectivity index (χ3n) is 0.508. The van der Waals surface area contributed by atoms with Crippen LogP contribution in [0.2, 0.25) is 0 Å². The normalized spacial score (nSPS) is 18.5. The number of hydrogen-bond acceptors (Lipinski definition) is 2. The number of hydrogen-bond donors (Lipinski definition) is 0. The molecule has 0 bridgehead atoms. The average Bonchev–Trinajstić information content (AvgIpc) is 1.86. The molecule has 1 rings (SSSR count). The third-order valence-corrected chi connectivity index (χ3v) is 0.990. The zero-order chi connectivity index (χ0) is 4.41. The minimum atomic E-state index is 0.737. The molecule has 0 atom stereocenters. The molecule has 0 unspecified atom stereocenters. The van der Waals surface area contributed by atoms with Gasteiger partial charge < -0.3 is 0 Å². The van der Waals surface area contributed by atoms with E-state index < -0.39 is 0 Å². The highest BCUT2D eigenvalue weighted by atomic mass is 79.9. The summed E-state index contributed by atoms with van der Waals surface area (Å²) < 4.78 is 0.850. The summed E-state index contributed by atoms with van der Waals surface area (Å²) in [6, 6.07) is 0. The Morgan fingerprint density at radius 1 is 1.83 bits per heavy atom. The van der Waals surface area contributed by atoms with Gasteiger partial charge in [-0.3, -0.25) is 0 Å². The van der Waals surface area contributed by atoms with Crippen molar-refractivity contribution in [3.63, 3.8) is 0 Å². The van der Waals surface area contributed by atoms with Crippen LogP contribution >= 0.6 is 15.9 Å². The first-order chi connectivity index (χ1) is 2.89. The molecule has 6 heavy (non-hydrogen) atoms. The summed E-state index contributed by atoms with van der Waals surface area (Å²) in [4.78, 5) is 0. The molecule has 2 nitrogen and oxygen atoms in total. The Morgan fingerprint density at radius 3 is 2.83 bits per heavy atom. The SMILES string of the molecule is BrC1=CCN=N1. The summed E-state index contributed by atoms with van der Waals surface area (Å²) in [6.45, 7) is 0.737. The molecule has 0 aromatic carbocycles. The van der Waals surface area contributed by atoms with Crippen molar-refractivity contribution in [2.24, 2.45) is 10.2 Å². The molecule has 0 fully saturated rings. The minimum absolute atomic E-state index is 0.737. The highest BCUT2D eigenvalue weighted by Crippen LogP contribution is 2.10. The quantitative estimate of drug-likeness (QED) is 0.465. The maximum absolute atomic E-state index is 3.65. The van der Waals surface area contributed by atoms with E-state index in [0.717, 1.165) is 11.2 Å². The van der Waals surface area contributed by atoms with Crippen molar-refractivity contribution in [1.82, 2.24) is 0 Å². The van der Waals surface area contributed by atoms with Gasteiger partial charge >= 0.3 is 0 Å². The molecule has 0 radical (unpaired) electrons. The van der Waals surface area contributed by atoms with Crippen LogP contribution in [0.25, 0.3) is 0 Å². The van der Waals surface area contributed by atoms with Crippen molar-refractivity contribution in [3.8, 4) is 0 Å². The molecule has 0 aliphatic carbocycles. The van der Waals surface area contributed by atoms with Crippen LogP contribution in [0.15, 0.2) is 20.9 Å². The first kappa shape index (κ1) is 3.99. The average molecular weight is 147 g/mol. The first-order valence-electron chi connectivity index (χ1n) is 1.63. The van der Waals surface area contributed by atoms with Crippen LogP contribution in [-0.2, 0) is 0 Å². The van der Waals surface area contributed by atoms with E-state index in [4.69, 9.17) is 0 Å². The van der Waals surface area contributed by atoms with Crippen LogP contribution in [0.1, 0.15) is 0 Å². The van der Waals surface area contributed by atoms with E-state index in [1.165, 1.54) is 0 Å². The minimum Gasteiger partial charge on any atom is -0.184 e. The molecule has 0 saturated heterocycles. The van der Waals surface area contributed by atoms with Crippen molar-refractivity contribution in [2.75, 3.05) is 6.54 Å². The number of rotatable bonds is 0. The van der Waals surface area contributed by atoms with Gasteiger partial charge in [0, 0.05) is 0 Å². The van der Waals surface area contributed by atoms with Gasteiger partial charge in [-0.1, -0.05) is 0 Å². The first-order valence-corrected chi connectivity index (χ1v) is 2.42. The van der Waals surface area contributed by atoms with Crippen LogP contribution in [0, 0.1) is 0 Å². The predicted molar refractivity (Wildman–Crippen MR) is 26.7 cm³/mol. The lowest BCUT2D eigenvalue weighted by atomic mass is 10.7. The van der Waals surface area contributed by atoms with Crippen molar-refractivity contribution in [1.29, 1.82) is 0 Å². The molecular weight excluding hydrogens is 144 g/mol. The molecule has 0 N–H and O–H groups in total. The van der Waals surface area contributed by atoms with Crippen molar-refractivity contribution >= 4 is 15.9 Å². The van der Waals surface area contributed by atoms with Gasteiger partial charge in [0.2, 0.25) is 0 Å². The van der Waals surface area contributed by atoms with Crippen LogP contribution in [-0.4, -0.2) is 6.54 Å². The second-order valence-electron chi connectivity index (χ2n) is 0.951. The standard InChI is InChI=1S/C3H3BrN2/c4-3-1-2-5-6-3/h1H,2H2. The Morgan fingerprint density at radius 2 is 2.67 bits per heavy atom. The Balaban J connectivity index is 2.68. The maximum atomic E-state index is 3.65. The van der Waals surface area contributed by atoms with Crippen molar-refractivity contribution in [3.05, 3.63) is 10.7 Å². The Labute approximate surface area is 44.1 Å². The predicted octanol–water partition coefficient (Wildman–Crippen LogP) is 1.69. The Hall–Kier alpha value is -0.180. The highest BCUT2D eigenvalue weighted by molar-refractivity contribution is 9.11. The molecule has 0 amide bonds. The lowest BCUT2D eigenvalue weighted by molar-refractivity contribution is 1.13. The summed E-state index contributed by atoms with van der Waals surface area (Å²) in [5.41, 5.74) is 0. The molecule has 1 aliphatic rings. The van der Waals surface area contributed by atoms with Crippen LogP contribution in [0.5, 0.6) is 0 Å². The maximum Gasteiger partial charge on any atom is 0.126 e. The molecular formula is C3H3BrN2. The fourth-order valence-corrected chi connectivity index (χ4v) is 0.522. The van der Waals surface area contributed by atoms with E-state index in [0.29, 0.717) is 0 Å². The summed E-state index contributed by atoms with van der Waals surface area (Å²) in [5.74, 6) is 0. The van der Waals surface area contributed by atoms with Gasteiger partial charge in [0.1, 0.15) is 4.61 Å². The zero-order valence-corrected chi connectivity index (χ0v) is 4.64. The van der Waals surface area contributed by atoms with E-state index >= 15 is 0 Å². The lowest BCUT2D eigenvalue weighted by Crippen LogP contribution is -1.54. The summed E-state index contributed by atoms with van der Waals surface area (Å²) in [6.07, 6.45) is 1.90. The van der Waals surface area contributed by atoms with Gasteiger partial charge in [0.25, 0.3) is 0 Å². The molecule has 32 valence electrons. The fourth-order valence-electron chi connectivity index (χ4n) is 0.265. The van der Waals surface area contributed by atoms with Crippen LogP contribution in [0.4, 0.5) is 0 Å². The topological polar surface area (TPSA) is 24.7 Å². The van der Waals surface area contributed by atoms with Gasteiger partial charge in [0.15, 0.2) is 0 Å². The summed E-state index contributed by atoms with van der Waals surface area (Å²) in [7, 11) is 0. The molecule has 0 spiro atoms. The second-order valence-corrected chi connectivity index (χ2v) is 1.76. The van der Waals surface area contributed by atoms with Gasteiger partial charge in [-0.25, -0.2) is 0 Å².